The number of aliphatic hydroxyl groups is 2. The number of aliphatic hydroxyl groups excluding tert-OH is 2. The lowest BCUT2D eigenvalue weighted by Crippen LogP contribution is -2.58. The van der Waals surface area contributed by atoms with Crippen LogP contribution in [0, 0.1) is 46.3 Å². The Kier molecular flexibility index (Phi) is 5.36. The first kappa shape index (κ1) is 20.7. The molecule has 0 heterocycles. The molecule has 3 N–H and O–H groups in total. The van der Waals surface area contributed by atoms with Crippen LogP contribution in [0.2, 0.25) is 0 Å². The van der Waals surface area contributed by atoms with E-state index in [4.69, 9.17) is 5.11 Å². The van der Waals surface area contributed by atoms with Gasteiger partial charge in [0.2, 0.25) is 0 Å². The van der Waals surface area contributed by atoms with Crippen LogP contribution in [0.3, 0.4) is 0 Å². The standard InChI is InChI=1S/C24H40O4/c1-14(4-7-21(27)28)17-5-6-18-22-19(9-11-24(17,18)3)23(2)10-8-16(25)12-15(23)13-20(22)26/h14-20,22,25-26H,4-13H2,1-3H3,(H,27,28)/t14-,15+,16-,17-,18-,19+,20+,22+,23+,24-/m1/s1. The van der Waals surface area contributed by atoms with Gasteiger partial charge in [-0.3, -0.25) is 4.79 Å². The largest absolute Gasteiger partial charge is 0.481 e. The average Bonchev–Trinajstić information content (AvgIpc) is 2.98. The van der Waals surface area contributed by atoms with E-state index in [-0.39, 0.29) is 29.5 Å². The Bertz CT molecular complexity index is 605. The van der Waals surface area contributed by atoms with E-state index in [0.29, 0.717) is 35.5 Å². The highest BCUT2D eigenvalue weighted by atomic mass is 16.4. The smallest absolute Gasteiger partial charge is 0.303 e. The van der Waals surface area contributed by atoms with E-state index < -0.39 is 5.97 Å². The normalized spacial score (nSPS) is 51.7. The number of hydrogen-bond acceptors (Lipinski definition) is 3. The number of carbonyl (C=O) groups is 1. The molecule has 4 saturated carbocycles. The fourth-order valence-electron chi connectivity index (χ4n) is 8.73. The topological polar surface area (TPSA) is 77.8 Å². The summed E-state index contributed by atoms with van der Waals surface area (Å²) in [4.78, 5) is 11.1. The van der Waals surface area contributed by atoms with Gasteiger partial charge in [0.05, 0.1) is 12.2 Å². The second kappa shape index (κ2) is 7.27. The van der Waals surface area contributed by atoms with Gasteiger partial charge in [-0.1, -0.05) is 20.8 Å². The molecule has 0 aromatic rings. The molecule has 0 aliphatic heterocycles. The third-order valence-electron chi connectivity index (χ3n) is 10.2. The van der Waals surface area contributed by atoms with Crippen LogP contribution in [0.1, 0.15) is 85.0 Å². The van der Waals surface area contributed by atoms with E-state index in [1.165, 1.54) is 25.7 Å². The van der Waals surface area contributed by atoms with E-state index in [2.05, 4.69) is 20.8 Å². The zero-order valence-corrected chi connectivity index (χ0v) is 17.9. The minimum Gasteiger partial charge on any atom is -0.481 e. The first-order valence-corrected chi connectivity index (χ1v) is 11.7. The summed E-state index contributed by atoms with van der Waals surface area (Å²) in [7, 11) is 0. The molecular formula is C24H40O4. The van der Waals surface area contributed by atoms with Crippen molar-refractivity contribution in [3.8, 4) is 0 Å². The Hall–Kier alpha value is -0.610. The minimum absolute atomic E-state index is 0.179. The van der Waals surface area contributed by atoms with Gasteiger partial charge in [0.25, 0.3) is 0 Å². The molecule has 0 bridgehead atoms. The summed E-state index contributed by atoms with van der Waals surface area (Å²) in [5.74, 6) is 2.36. The van der Waals surface area contributed by atoms with Crippen LogP contribution >= 0.6 is 0 Å². The minimum atomic E-state index is -0.684. The molecule has 4 rings (SSSR count). The van der Waals surface area contributed by atoms with E-state index in [1.54, 1.807) is 0 Å². The maximum absolute atomic E-state index is 11.2. The van der Waals surface area contributed by atoms with Crippen molar-refractivity contribution in [1.29, 1.82) is 0 Å². The second-order valence-corrected chi connectivity index (χ2v) is 11.4. The molecule has 4 aliphatic carbocycles. The van der Waals surface area contributed by atoms with Crippen LogP contribution in [-0.2, 0) is 4.79 Å². The Labute approximate surface area is 170 Å². The summed E-state index contributed by atoms with van der Waals surface area (Å²) >= 11 is 0. The lowest BCUT2D eigenvalue weighted by Gasteiger charge is -2.62. The summed E-state index contributed by atoms with van der Waals surface area (Å²) in [6.07, 6.45) is 9.19. The monoisotopic (exact) mass is 392 g/mol. The van der Waals surface area contributed by atoms with Crippen LogP contribution in [0.15, 0.2) is 0 Å². The van der Waals surface area contributed by atoms with Crippen LogP contribution in [0.4, 0.5) is 0 Å². The van der Waals surface area contributed by atoms with Crippen LogP contribution in [-0.4, -0.2) is 33.5 Å². The van der Waals surface area contributed by atoms with E-state index >= 15 is 0 Å². The predicted molar refractivity (Wildman–Crippen MR) is 109 cm³/mol. The second-order valence-electron chi connectivity index (χ2n) is 11.4. The highest BCUT2D eigenvalue weighted by Crippen LogP contribution is 2.68. The number of fused-ring (bicyclic) bond motifs is 5. The molecule has 4 heteroatoms. The quantitative estimate of drug-likeness (QED) is 0.659. The third kappa shape index (κ3) is 3.14. The molecular weight excluding hydrogens is 352 g/mol. The molecule has 28 heavy (non-hydrogen) atoms. The van der Waals surface area contributed by atoms with Gasteiger partial charge >= 0.3 is 5.97 Å². The Morgan fingerprint density at radius 3 is 2.39 bits per heavy atom. The highest BCUT2D eigenvalue weighted by molar-refractivity contribution is 5.66. The van der Waals surface area contributed by atoms with E-state index in [0.717, 1.165) is 32.1 Å². The number of carboxylic acid groups (broad SMARTS) is 1. The SMILES string of the molecule is C[C@H](CCC(=O)O)[C@H]1CC[C@@H]2[C@@H]3[C@@H](O)C[C@@H]4C[C@H](O)CC[C@]4(C)[C@H]3CC[C@@]21C. The summed E-state index contributed by atoms with van der Waals surface area (Å²) in [6.45, 7) is 7.16. The lowest BCUT2D eigenvalue weighted by atomic mass is 9.43. The van der Waals surface area contributed by atoms with Crippen molar-refractivity contribution in [3.63, 3.8) is 0 Å². The highest BCUT2D eigenvalue weighted by Gasteiger charge is 2.62. The van der Waals surface area contributed by atoms with Gasteiger partial charge in [0, 0.05) is 6.42 Å². The first-order chi connectivity index (χ1) is 13.2. The van der Waals surface area contributed by atoms with Gasteiger partial charge in [-0.2, -0.15) is 0 Å². The van der Waals surface area contributed by atoms with Crippen molar-refractivity contribution in [1.82, 2.24) is 0 Å². The van der Waals surface area contributed by atoms with Gasteiger partial charge in [0.15, 0.2) is 0 Å². The summed E-state index contributed by atoms with van der Waals surface area (Å²) < 4.78 is 0. The number of carboxylic acids is 1. The van der Waals surface area contributed by atoms with Gasteiger partial charge in [-0.05, 0) is 104 Å². The van der Waals surface area contributed by atoms with Gasteiger partial charge in [0.1, 0.15) is 0 Å². The molecule has 0 saturated heterocycles. The predicted octanol–water partition coefficient (Wildman–Crippen LogP) is 4.48. The molecule has 0 amide bonds. The fraction of sp³-hybridized carbons (Fsp3) is 0.958. The average molecular weight is 393 g/mol. The zero-order chi connectivity index (χ0) is 20.3. The van der Waals surface area contributed by atoms with E-state index in [1.807, 2.05) is 0 Å². The lowest BCUT2D eigenvalue weighted by molar-refractivity contribution is -0.174. The van der Waals surface area contributed by atoms with Crippen molar-refractivity contribution in [2.24, 2.45) is 46.3 Å². The Morgan fingerprint density at radius 1 is 1.00 bits per heavy atom. The molecule has 0 aromatic heterocycles. The van der Waals surface area contributed by atoms with Gasteiger partial charge < -0.3 is 15.3 Å². The van der Waals surface area contributed by atoms with Crippen molar-refractivity contribution >= 4 is 5.97 Å². The molecule has 4 nitrogen and oxygen atoms in total. The van der Waals surface area contributed by atoms with Crippen molar-refractivity contribution in [3.05, 3.63) is 0 Å². The first-order valence-electron chi connectivity index (χ1n) is 11.7. The summed E-state index contributed by atoms with van der Waals surface area (Å²) in [5, 5.41) is 30.5. The van der Waals surface area contributed by atoms with Crippen molar-refractivity contribution in [2.75, 3.05) is 0 Å². The van der Waals surface area contributed by atoms with Crippen LogP contribution in [0.25, 0.3) is 0 Å². The van der Waals surface area contributed by atoms with Crippen LogP contribution < -0.4 is 0 Å². The number of rotatable bonds is 4. The molecule has 0 spiro atoms. The van der Waals surface area contributed by atoms with Crippen LogP contribution in [0.5, 0.6) is 0 Å². The fourth-order valence-corrected chi connectivity index (χ4v) is 8.73. The number of hydrogen-bond donors (Lipinski definition) is 3. The molecule has 4 fully saturated rings. The van der Waals surface area contributed by atoms with Crippen molar-refractivity contribution < 1.29 is 20.1 Å². The molecule has 4 aliphatic rings. The maximum Gasteiger partial charge on any atom is 0.303 e. The zero-order valence-electron chi connectivity index (χ0n) is 17.9. The van der Waals surface area contributed by atoms with Gasteiger partial charge in [-0.15, -0.1) is 0 Å². The molecule has 0 radical (unpaired) electrons. The molecule has 10 atom stereocenters. The Balaban J connectivity index is 1.55. The summed E-state index contributed by atoms with van der Waals surface area (Å²) in [5.41, 5.74) is 0.523. The van der Waals surface area contributed by atoms with Crippen molar-refractivity contribution in [2.45, 2.75) is 97.2 Å². The number of aliphatic carboxylic acids is 1. The third-order valence-corrected chi connectivity index (χ3v) is 10.2. The molecule has 0 unspecified atom stereocenters. The molecule has 0 aromatic carbocycles. The molecule has 160 valence electrons. The Morgan fingerprint density at radius 2 is 1.68 bits per heavy atom. The van der Waals surface area contributed by atoms with E-state index in [9.17, 15) is 15.0 Å². The van der Waals surface area contributed by atoms with Gasteiger partial charge in [-0.25, -0.2) is 0 Å². The summed E-state index contributed by atoms with van der Waals surface area (Å²) in [6, 6.07) is 0. The maximum atomic E-state index is 11.2.